The third kappa shape index (κ3) is 2.88. The number of amides is 2. The first-order chi connectivity index (χ1) is 8.56. The van der Waals surface area contributed by atoms with Crippen molar-refractivity contribution in [2.45, 2.75) is 0 Å². The summed E-state index contributed by atoms with van der Waals surface area (Å²) in [5, 5.41) is 2.67. The van der Waals surface area contributed by atoms with E-state index in [1.54, 1.807) is 30.3 Å². The first-order valence-corrected chi connectivity index (χ1v) is 6.22. The lowest BCUT2D eigenvalue weighted by atomic mass is 10.2. The Balaban J connectivity index is 2.16. The normalized spacial score (nSPS) is 10.1. The Hall–Kier alpha value is -1.85. The molecular weight excluding hydrogens is 272 g/mol. The molecule has 0 aliphatic heterocycles. The van der Waals surface area contributed by atoms with Crippen molar-refractivity contribution < 1.29 is 9.59 Å². The van der Waals surface area contributed by atoms with Crippen molar-refractivity contribution in [3.63, 3.8) is 0 Å². The van der Waals surface area contributed by atoms with Crippen LogP contribution >= 0.6 is 22.9 Å². The molecule has 0 spiro atoms. The van der Waals surface area contributed by atoms with Crippen LogP contribution in [0.25, 0.3) is 0 Å². The van der Waals surface area contributed by atoms with Crippen LogP contribution in [0.15, 0.2) is 36.4 Å². The van der Waals surface area contributed by atoms with Crippen LogP contribution in [0.3, 0.4) is 0 Å². The summed E-state index contributed by atoms with van der Waals surface area (Å²) in [6, 6.07) is 9.73. The number of thiophene rings is 1. The number of carbonyl (C=O) groups is 2. The molecule has 0 unspecified atom stereocenters. The van der Waals surface area contributed by atoms with Gasteiger partial charge < -0.3 is 11.1 Å². The Morgan fingerprint density at radius 1 is 1.22 bits per heavy atom. The minimum atomic E-state index is -0.537. The van der Waals surface area contributed by atoms with E-state index in [0.717, 1.165) is 0 Å². The molecular formula is C12H9ClN2O2S. The Morgan fingerprint density at radius 2 is 2.00 bits per heavy atom. The summed E-state index contributed by atoms with van der Waals surface area (Å²) in [4.78, 5) is 23.3. The Kier molecular flexibility index (Phi) is 3.64. The molecule has 0 saturated heterocycles. The summed E-state index contributed by atoms with van der Waals surface area (Å²) in [6.45, 7) is 0. The predicted molar refractivity (Wildman–Crippen MR) is 72.2 cm³/mol. The molecule has 0 radical (unpaired) electrons. The van der Waals surface area contributed by atoms with E-state index in [9.17, 15) is 9.59 Å². The first-order valence-electron chi connectivity index (χ1n) is 5.03. The molecule has 2 amide bonds. The van der Waals surface area contributed by atoms with Gasteiger partial charge in [-0.1, -0.05) is 17.7 Å². The van der Waals surface area contributed by atoms with Gasteiger partial charge in [0.25, 0.3) is 5.91 Å². The third-order valence-electron chi connectivity index (χ3n) is 2.20. The second-order valence-electron chi connectivity index (χ2n) is 3.50. The van der Waals surface area contributed by atoms with Crippen molar-refractivity contribution in [2.75, 3.05) is 5.32 Å². The summed E-state index contributed by atoms with van der Waals surface area (Å²) in [5.41, 5.74) is 6.02. The zero-order valence-electron chi connectivity index (χ0n) is 9.14. The lowest BCUT2D eigenvalue weighted by Gasteiger charge is -2.04. The van der Waals surface area contributed by atoms with E-state index in [4.69, 9.17) is 17.3 Å². The predicted octanol–water partition coefficient (Wildman–Crippen LogP) is 2.75. The number of halogens is 1. The molecule has 0 atom stereocenters. The van der Waals surface area contributed by atoms with Crippen molar-refractivity contribution in [1.82, 2.24) is 0 Å². The van der Waals surface area contributed by atoms with Gasteiger partial charge in [-0.3, -0.25) is 9.59 Å². The van der Waals surface area contributed by atoms with E-state index in [0.29, 0.717) is 20.5 Å². The van der Waals surface area contributed by atoms with Crippen molar-refractivity contribution in [3.8, 4) is 0 Å². The summed E-state index contributed by atoms with van der Waals surface area (Å²) in [7, 11) is 0. The van der Waals surface area contributed by atoms with E-state index < -0.39 is 5.91 Å². The molecule has 0 aliphatic rings. The standard InChI is InChI=1S/C12H9ClN2O2S/c13-10-5-4-9(18-10)12(17)15-8-3-1-2-7(6-8)11(14)16/h1-6H,(H2,14,16)(H,15,17). The highest BCUT2D eigenvalue weighted by Crippen LogP contribution is 2.22. The number of hydrogen-bond donors (Lipinski definition) is 2. The number of nitrogens with two attached hydrogens (primary N) is 1. The van der Waals surface area contributed by atoms with Crippen LogP contribution in [0.1, 0.15) is 20.0 Å². The number of benzene rings is 1. The van der Waals surface area contributed by atoms with Crippen LogP contribution in [0, 0.1) is 0 Å². The van der Waals surface area contributed by atoms with Crippen molar-refractivity contribution in [1.29, 1.82) is 0 Å². The summed E-state index contributed by atoms with van der Waals surface area (Å²) in [6.07, 6.45) is 0. The van der Waals surface area contributed by atoms with Gasteiger partial charge in [0.1, 0.15) is 0 Å². The summed E-state index contributed by atoms with van der Waals surface area (Å²) < 4.78 is 0.547. The molecule has 0 aliphatic carbocycles. The fourth-order valence-electron chi connectivity index (χ4n) is 1.38. The summed E-state index contributed by atoms with van der Waals surface area (Å²) >= 11 is 6.94. The van der Waals surface area contributed by atoms with Crippen LogP contribution < -0.4 is 11.1 Å². The number of primary amides is 1. The second-order valence-corrected chi connectivity index (χ2v) is 5.22. The maximum absolute atomic E-state index is 11.8. The topological polar surface area (TPSA) is 72.2 Å². The molecule has 18 heavy (non-hydrogen) atoms. The Labute approximate surface area is 112 Å². The van der Waals surface area contributed by atoms with Crippen molar-refractivity contribution in [2.24, 2.45) is 5.73 Å². The molecule has 6 heteroatoms. The van der Waals surface area contributed by atoms with Crippen molar-refractivity contribution >= 4 is 40.4 Å². The van der Waals surface area contributed by atoms with Crippen molar-refractivity contribution in [3.05, 3.63) is 51.2 Å². The zero-order valence-corrected chi connectivity index (χ0v) is 10.7. The SMILES string of the molecule is NC(=O)c1cccc(NC(=O)c2ccc(Cl)s2)c1. The maximum Gasteiger partial charge on any atom is 0.265 e. The maximum atomic E-state index is 11.8. The van der Waals surface area contributed by atoms with E-state index in [1.165, 1.54) is 17.4 Å². The molecule has 92 valence electrons. The largest absolute Gasteiger partial charge is 0.366 e. The van der Waals surface area contributed by atoms with Crippen LogP contribution in [-0.4, -0.2) is 11.8 Å². The molecule has 2 rings (SSSR count). The average Bonchev–Trinajstić information content (AvgIpc) is 2.76. The van der Waals surface area contributed by atoms with E-state index in [2.05, 4.69) is 5.32 Å². The fourth-order valence-corrected chi connectivity index (χ4v) is 2.32. The summed E-state index contributed by atoms with van der Waals surface area (Å²) in [5.74, 6) is -0.807. The van der Waals surface area contributed by atoms with Gasteiger partial charge in [-0.05, 0) is 30.3 Å². The van der Waals surface area contributed by atoms with Gasteiger partial charge in [-0.15, -0.1) is 11.3 Å². The van der Waals surface area contributed by atoms with Crippen LogP contribution in [0.5, 0.6) is 0 Å². The number of hydrogen-bond acceptors (Lipinski definition) is 3. The quantitative estimate of drug-likeness (QED) is 0.907. The van der Waals surface area contributed by atoms with Gasteiger partial charge in [-0.2, -0.15) is 0 Å². The minimum Gasteiger partial charge on any atom is -0.366 e. The van der Waals surface area contributed by atoms with E-state index in [1.807, 2.05) is 0 Å². The van der Waals surface area contributed by atoms with Crippen LogP contribution in [-0.2, 0) is 0 Å². The number of rotatable bonds is 3. The highest BCUT2D eigenvalue weighted by atomic mass is 35.5. The molecule has 1 heterocycles. The molecule has 3 N–H and O–H groups in total. The lowest BCUT2D eigenvalue weighted by molar-refractivity contribution is 0.0996. The highest BCUT2D eigenvalue weighted by molar-refractivity contribution is 7.18. The number of anilines is 1. The molecule has 2 aromatic rings. The Bertz CT molecular complexity index is 610. The lowest BCUT2D eigenvalue weighted by Crippen LogP contribution is -2.13. The molecule has 4 nitrogen and oxygen atoms in total. The highest BCUT2D eigenvalue weighted by Gasteiger charge is 2.09. The Morgan fingerprint density at radius 3 is 2.61 bits per heavy atom. The van der Waals surface area contributed by atoms with Crippen LogP contribution in [0.4, 0.5) is 5.69 Å². The van der Waals surface area contributed by atoms with Gasteiger partial charge in [0, 0.05) is 11.3 Å². The second kappa shape index (κ2) is 5.20. The monoisotopic (exact) mass is 280 g/mol. The molecule has 1 aromatic carbocycles. The van der Waals surface area contributed by atoms with E-state index in [-0.39, 0.29) is 5.91 Å². The first kappa shape index (κ1) is 12.6. The fraction of sp³-hybridized carbons (Fsp3) is 0. The zero-order chi connectivity index (χ0) is 13.1. The van der Waals surface area contributed by atoms with Gasteiger partial charge in [0.05, 0.1) is 9.21 Å². The smallest absolute Gasteiger partial charge is 0.265 e. The molecule has 0 saturated carbocycles. The minimum absolute atomic E-state index is 0.270. The molecule has 0 bridgehead atoms. The molecule has 1 aromatic heterocycles. The van der Waals surface area contributed by atoms with Gasteiger partial charge in [-0.25, -0.2) is 0 Å². The third-order valence-corrected chi connectivity index (χ3v) is 3.43. The van der Waals surface area contributed by atoms with Gasteiger partial charge in [0.15, 0.2) is 0 Å². The number of carbonyl (C=O) groups excluding carboxylic acids is 2. The molecule has 0 fully saturated rings. The van der Waals surface area contributed by atoms with Crippen LogP contribution in [0.2, 0.25) is 4.34 Å². The van der Waals surface area contributed by atoms with E-state index >= 15 is 0 Å². The average molecular weight is 281 g/mol. The van der Waals surface area contributed by atoms with Gasteiger partial charge >= 0.3 is 0 Å². The number of nitrogens with one attached hydrogen (secondary N) is 1. The van der Waals surface area contributed by atoms with Gasteiger partial charge in [0.2, 0.25) is 5.91 Å².